The van der Waals surface area contributed by atoms with Crippen molar-refractivity contribution in [2.75, 3.05) is 23.9 Å². The molecule has 0 aromatic carbocycles. The van der Waals surface area contributed by atoms with Gasteiger partial charge in [-0.25, -0.2) is 0 Å². The number of rotatable bonds is 5. The number of carbonyl (C=O) groups excluding carboxylic acids is 1. The minimum atomic E-state index is 0.201. The van der Waals surface area contributed by atoms with Gasteiger partial charge in [-0.15, -0.1) is 11.6 Å². The van der Waals surface area contributed by atoms with Gasteiger partial charge in [0.15, 0.2) is 0 Å². The van der Waals surface area contributed by atoms with E-state index in [1.807, 2.05) is 11.8 Å². The predicted molar refractivity (Wildman–Crippen MR) is 63.0 cm³/mol. The van der Waals surface area contributed by atoms with Crippen LogP contribution in [0, 0.1) is 5.92 Å². The summed E-state index contributed by atoms with van der Waals surface area (Å²) in [6, 6.07) is 0. The molecular formula is C10H18ClNOS. The van der Waals surface area contributed by atoms with Gasteiger partial charge >= 0.3 is 0 Å². The molecule has 1 fully saturated rings. The molecule has 0 spiro atoms. The molecule has 1 aliphatic rings. The molecule has 0 unspecified atom stereocenters. The van der Waals surface area contributed by atoms with Gasteiger partial charge < -0.3 is 5.32 Å². The summed E-state index contributed by atoms with van der Waals surface area (Å²) in [7, 11) is 0. The van der Waals surface area contributed by atoms with Gasteiger partial charge in [0, 0.05) is 18.8 Å². The minimum absolute atomic E-state index is 0.201. The van der Waals surface area contributed by atoms with Crippen LogP contribution in [0.4, 0.5) is 0 Å². The highest BCUT2D eigenvalue weighted by molar-refractivity contribution is 7.99. The lowest BCUT2D eigenvalue weighted by Gasteiger charge is -2.20. The van der Waals surface area contributed by atoms with Crippen LogP contribution in [-0.2, 0) is 4.79 Å². The SMILES string of the molecule is O=C(CC1CCSCC1)NCCCCl. The zero-order chi connectivity index (χ0) is 10.2. The molecule has 1 aliphatic heterocycles. The fourth-order valence-corrected chi connectivity index (χ4v) is 2.92. The molecule has 0 saturated carbocycles. The summed E-state index contributed by atoms with van der Waals surface area (Å²) in [6.07, 6.45) is 3.98. The number of hydrogen-bond donors (Lipinski definition) is 1. The number of halogens is 1. The van der Waals surface area contributed by atoms with Crippen LogP contribution in [0.5, 0.6) is 0 Å². The van der Waals surface area contributed by atoms with Crippen molar-refractivity contribution in [1.82, 2.24) is 5.32 Å². The van der Waals surface area contributed by atoms with Crippen LogP contribution >= 0.6 is 23.4 Å². The normalized spacial score (nSPS) is 18.1. The fourth-order valence-electron chi connectivity index (χ4n) is 1.58. The molecular weight excluding hydrogens is 218 g/mol. The summed E-state index contributed by atoms with van der Waals surface area (Å²) in [4.78, 5) is 11.4. The maximum absolute atomic E-state index is 11.4. The lowest BCUT2D eigenvalue weighted by Crippen LogP contribution is -2.27. The number of nitrogens with one attached hydrogen (secondary N) is 1. The Balaban J connectivity index is 2.06. The van der Waals surface area contributed by atoms with Gasteiger partial charge in [0.05, 0.1) is 0 Å². The molecule has 2 nitrogen and oxygen atoms in total. The molecule has 0 bridgehead atoms. The van der Waals surface area contributed by atoms with Crippen molar-refractivity contribution in [2.24, 2.45) is 5.92 Å². The number of alkyl halides is 1. The Morgan fingerprint density at radius 1 is 1.43 bits per heavy atom. The van der Waals surface area contributed by atoms with E-state index >= 15 is 0 Å². The van der Waals surface area contributed by atoms with E-state index in [0.29, 0.717) is 18.2 Å². The Hall–Kier alpha value is 0.110. The third-order valence-corrected chi connectivity index (χ3v) is 3.76. The Morgan fingerprint density at radius 3 is 2.79 bits per heavy atom. The fraction of sp³-hybridized carbons (Fsp3) is 0.900. The van der Waals surface area contributed by atoms with Crippen LogP contribution in [0.2, 0.25) is 0 Å². The van der Waals surface area contributed by atoms with Gasteiger partial charge in [0.1, 0.15) is 0 Å². The summed E-state index contributed by atoms with van der Waals surface area (Å²) in [5, 5.41) is 2.90. The highest BCUT2D eigenvalue weighted by atomic mass is 35.5. The quantitative estimate of drug-likeness (QED) is 0.585. The molecule has 0 aliphatic carbocycles. The van der Waals surface area contributed by atoms with Crippen molar-refractivity contribution in [3.05, 3.63) is 0 Å². The monoisotopic (exact) mass is 235 g/mol. The summed E-state index contributed by atoms with van der Waals surface area (Å²) in [5.74, 6) is 3.89. The van der Waals surface area contributed by atoms with E-state index in [-0.39, 0.29) is 5.91 Å². The van der Waals surface area contributed by atoms with Crippen LogP contribution in [0.3, 0.4) is 0 Å². The molecule has 4 heteroatoms. The Kier molecular flexibility index (Phi) is 6.45. The smallest absolute Gasteiger partial charge is 0.220 e. The first-order valence-corrected chi connectivity index (χ1v) is 6.92. The predicted octanol–water partition coefficient (Wildman–Crippen LogP) is 2.26. The van der Waals surface area contributed by atoms with E-state index in [9.17, 15) is 4.79 Å². The van der Waals surface area contributed by atoms with E-state index in [1.54, 1.807) is 0 Å². The highest BCUT2D eigenvalue weighted by Crippen LogP contribution is 2.24. The molecule has 0 aromatic rings. The Labute approximate surface area is 95.2 Å². The largest absolute Gasteiger partial charge is 0.356 e. The molecule has 1 amide bonds. The molecule has 1 N–H and O–H groups in total. The number of thioether (sulfide) groups is 1. The number of amides is 1. The summed E-state index contributed by atoms with van der Waals surface area (Å²) >= 11 is 7.52. The van der Waals surface area contributed by atoms with E-state index in [4.69, 9.17) is 11.6 Å². The summed E-state index contributed by atoms with van der Waals surface area (Å²) < 4.78 is 0. The average Bonchev–Trinajstić information content (AvgIpc) is 2.20. The van der Waals surface area contributed by atoms with E-state index in [1.165, 1.54) is 24.3 Å². The first kappa shape index (κ1) is 12.2. The van der Waals surface area contributed by atoms with Gasteiger partial charge in [-0.3, -0.25) is 4.79 Å². The van der Waals surface area contributed by atoms with Crippen LogP contribution in [0.15, 0.2) is 0 Å². The van der Waals surface area contributed by atoms with E-state index in [2.05, 4.69) is 5.32 Å². The lowest BCUT2D eigenvalue weighted by molar-refractivity contribution is -0.122. The zero-order valence-electron chi connectivity index (χ0n) is 8.43. The maximum atomic E-state index is 11.4. The second-order valence-corrected chi connectivity index (χ2v) is 5.26. The van der Waals surface area contributed by atoms with Crippen LogP contribution in [0.25, 0.3) is 0 Å². The standard InChI is InChI=1S/C10H18ClNOS/c11-4-1-5-12-10(13)8-9-2-6-14-7-3-9/h9H,1-8H2,(H,12,13). The molecule has 14 heavy (non-hydrogen) atoms. The molecule has 0 radical (unpaired) electrons. The van der Waals surface area contributed by atoms with Gasteiger partial charge in [-0.1, -0.05) is 0 Å². The van der Waals surface area contributed by atoms with E-state index < -0.39 is 0 Å². The molecule has 1 heterocycles. The van der Waals surface area contributed by atoms with Crippen LogP contribution in [0.1, 0.15) is 25.7 Å². The van der Waals surface area contributed by atoms with Gasteiger partial charge in [-0.2, -0.15) is 11.8 Å². The van der Waals surface area contributed by atoms with Crippen LogP contribution < -0.4 is 5.32 Å². The van der Waals surface area contributed by atoms with Crippen molar-refractivity contribution in [3.8, 4) is 0 Å². The first-order chi connectivity index (χ1) is 6.83. The second kappa shape index (κ2) is 7.41. The van der Waals surface area contributed by atoms with Crippen molar-refractivity contribution < 1.29 is 4.79 Å². The van der Waals surface area contributed by atoms with Gasteiger partial charge in [0.25, 0.3) is 0 Å². The first-order valence-electron chi connectivity index (χ1n) is 5.23. The maximum Gasteiger partial charge on any atom is 0.220 e. The van der Waals surface area contributed by atoms with Crippen molar-refractivity contribution in [2.45, 2.75) is 25.7 Å². The molecule has 0 atom stereocenters. The zero-order valence-corrected chi connectivity index (χ0v) is 10.0. The Bertz CT molecular complexity index is 172. The average molecular weight is 236 g/mol. The lowest BCUT2D eigenvalue weighted by atomic mass is 9.98. The minimum Gasteiger partial charge on any atom is -0.356 e. The third-order valence-electron chi connectivity index (χ3n) is 2.45. The van der Waals surface area contributed by atoms with Crippen molar-refractivity contribution >= 4 is 29.3 Å². The number of hydrogen-bond acceptors (Lipinski definition) is 2. The second-order valence-electron chi connectivity index (χ2n) is 3.65. The molecule has 82 valence electrons. The topological polar surface area (TPSA) is 29.1 Å². The summed E-state index contributed by atoms with van der Waals surface area (Å²) in [5.41, 5.74) is 0. The molecule has 1 saturated heterocycles. The third kappa shape index (κ3) is 5.11. The highest BCUT2D eigenvalue weighted by Gasteiger charge is 2.16. The summed E-state index contributed by atoms with van der Waals surface area (Å²) in [6.45, 7) is 0.726. The Morgan fingerprint density at radius 2 is 2.14 bits per heavy atom. The number of carbonyl (C=O) groups is 1. The van der Waals surface area contributed by atoms with Crippen molar-refractivity contribution in [1.29, 1.82) is 0 Å². The van der Waals surface area contributed by atoms with Crippen molar-refractivity contribution in [3.63, 3.8) is 0 Å². The molecule has 1 rings (SSSR count). The van der Waals surface area contributed by atoms with E-state index in [0.717, 1.165) is 13.0 Å². The van der Waals surface area contributed by atoms with Gasteiger partial charge in [0.2, 0.25) is 5.91 Å². The van der Waals surface area contributed by atoms with Crippen LogP contribution in [-0.4, -0.2) is 29.8 Å². The molecule has 0 aromatic heterocycles. The van der Waals surface area contributed by atoms with Gasteiger partial charge in [-0.05, 0) is 36.7 Å².